The highest BCUT2D eigenvalue weighted by atomic mass is 16.5. The van der Waals surface area contributed by atoms with E-state index in [1.165, 1.54) is 0 Å². The van der Waals surface area contributed by atoms with Gasteiger partial charge < -0.3 is 19.3 Å². The summed E-state index contributed by atoms with van der Waals surface area (Å²) in [6, 6.07) is 7.85. The summed E-state index contributed by atoms with van der Waals surface area (Å²) in [5.74, 6) is 0.781. The number of hydrogen-bond acceptors (Lipinski definition) is 4. The van der Waals surface area contributed by atoms with E-state index in [1.54, 1.807) is 4.90 Å². The number of ether oxygens (including phenoxy) is 2. The Labute approximate surface area is 161 Å². The molecule has 0 aromatic heterocycles. The maximum Gasteiger partial charge on any atom is 0.260 e. The Hall–Kier alpha value is -2.08. The molecule has 1 aromatic rings. The van der Waals surface area contributed by atoms with E-state index < -0.39 is 0 Å². The monoisotopic (exact) mass is 374 g/mol. The van der Waals surface area contributed by atoms with Crippen molar-refractivity contribution in [3.63, 3.8) is 0 Å². The minimum absolute atomic E-state index is 0.0206. The first kappa shape index (κ1) is 19.7. The first-order valence-electron chi connectivity index (χ1n) is 9.77. The highest BCUT2D eigenvalue weighted by Gasteiger charge is 2.31. The summed E-state index contributed by atoms with van der Waals surface area (Å²) >= 11 is 0. The highest BCUT2D eigenvalue weighted by molar-refractivity contribution is 5.82. The maximum atomic E-state index is 12.5. The number of hydrogen-bond donors (Lipinski definition) is 0. The summed E-state index contributed by atoms with van der Waals surface area (Å²) in [6.45, 7) is 9.27. The van der Waals surface area contributed by atoms with Crippen molar-refractivity contribution in [2.24, 2.45) is 0 Å². The molecule has 3 rings (SSSR count). The minimum Gasteiger partial charge on any atom is -0.483 e. The lowest BCUT2D eigenvalue weighted by molar-refractivity contribution is -0.146. The Balaban J connectivity index is 1.50. The molecule has 0 radical (unpaired) electrons. The lowest BCUT2D eigenvalue weighted by Gasteiger charge is -2.35. The molecule has 1 atom stereocenters. The summed E-state index contributed by atoms with van der Waals surface area (Å²) in [5, 5.41) is 0. The fraction of sp³-hybridized carbons (Fsp3) is 0.619. The van der Waals surface area contributed by atoms with Crippen LogP contribution in [0.2, 0.25) is 0 Å². The molecular weight excluding hydrogens is 344 g/mol. The zero-order valence-corrected chi connectivity index (χ0v) is 16.6. The van der Waals surface area contributed by atoms with Gasteiger partial charge in [0.15, 0.2) is 6.61 Å². The molecule has 148 valence electrons. The van der Waals surface area contributed by atoms with Crippen molar-refractivity contribution >= 4 is 11.8 Å². The van der Waals surface area contributed by atoms with E-state index >= 15 is 0 Å². The molecule has 27 heavy (non-hydrogen) atoms. The van der Waals surface area contributed by atoms with E-state index in [0.29, 0.717) is 32.8 Å². The predicted octanol–water partition coefficient (Wildman–Crippen LogP) is 2.21. The topological polar surface area (TPSA) is 59.1 Å². The minimum atomic E-state index is -0.288. The van der Waals surface area contributed by atoms with Crippen LogP contribution in [0.15, 0.2) is 24.3 Å². The van der Waals surface area contributed by atoms with Crippen LogP contribution < -0.4 is 4.74 Å². The van der Waals surface area contributed by atoms with Gasteiger partial charge >= 0.3 is 0 Å². The fourth-order valence-electron chi connectivity index (χ4n) is 3.60. The molecule has 2 saturated heterocycles. The molecule has 2 amide bonds. The van der Waals surface area contributed by atoms with Crippen molar-refractivity contribution in [1.82, 2.24) is 9.80 Å². The van der Waals surface area contributed by atoms with Gasteiger partial charge in [0.25, 0.3) is 11.8 Å². The Morgan fingerprint density at radius 1 is 1.11 bits per heavy atom. The lowest BCUT2D eigenvalue weighted by atomic mass is 9.86. The first-order chi connectivity index (χ1) is 12.9. The first-order valence-corrected chi connectivity index (χ1v) is 9.77. The number of nitrogens with zero attached hydrogens (tertiary/aromatic N) is 2. The van der Waals surface area contributed by atoms with Crippen molar-refractivity contribution in [3.8, 4) is 5.75 Å². The average molecular weight is 374 g/mol. The third-order valence-corrected chi connectivity index (χ3v) is 5.20. The van der Waals surface area contributed by atoms with Crippen LogP contribution >= 0.6 is 0 Å². The number of benzene rings is 1. The molecule has 0 bridgehead atoms. The van der Waals surface area contributed by atoms with Gasteiger partial charge in [0.05, 0.1) is 0 Å². The van der Waals surface area contributed by atoms with Crippen molar-refractivity contribution in [2.45, 2.75) is 45.1 Å². The second-order valence-corrected chi connectivity index (χ2v) is 8.24. The second kappa shape index (κ2) is 8.30. The van der Waals surface area contributed by atoms with Gasteiger partial charge in [-0.15, -0.1) is 0 Å². The van der Waals surface area contributed by atoms with E-state index in [-0.39, 0.29) is 29.9 Å². The molecule has 2 aliphatic heterocycles. The van der Waals surface area contributed by atoms with Crippen LogP contribution in [-0.4, -0.2) is 67.1 Å². The number of rotatable bonds is 4. The third-order valence-electron chi connectivity index (χ3n) is 5.20. The number of para-hydroxylation sites is 1. The molecule has 0 aliphatic carbocycles. The van der Waals surface area contributed by atoms with E-state index in [9.17, 15) is 9.59 Å². The van der Waals surface area contributed by atoms with Crippen molar-refractivity contribution in [2.75, 3.05) is 39.4 Å². The number of piperazine rings is 1. The van der Waals surface area contributed by atoms with E-state index in [2.05, 4.69) is 20.8 Å². The fourth-order valence-corrected chi connectivity index (χ4v) is 3.60. The maximum absolute atomic E-state index is 12.5. The van der Waals surface area contributed by atoms with Crippen molar-refractivity contribution < 1.29 is 19.1 Å². The van der Waals surface area contributed by atoms with Gasteiger partial charge in [0.1, 0.15) is 11.9 Å². The Kier molecular flexibility index (Phi) is 6.05. The van der Waals surface area contributed by atoms with Crippen LogP contribution in [-0.2, 0) is 19.7 Å². The standard InChI is InChI=1S/C21H30N2O4/c1-21(2,3)16-7-4-5-8-17(16)27-15-19(24)22-10-12-23(13-11-22)20(25)18-9-6-14-26-18/h4-5,7-8,18H,6,9-15H2,1-3H3. The third kappa shape index (κ3) is 4.80. The predicted molar refractivity (Wildman–Crippen MR) is 103 cm³/mol. The van der Waals surface area contributed by atoms with Gasteiger partial charge in [-0.1, -0.05) is 39.0 Å². The summed E-state index contributed by atoms with van der Waals surface area (Å²) < 4.78 is 11.3. The normalized spacial score (nSPS) is 20.6. The summed E-state index contributed by atoms with van der Waals surface area (Å²) in [4.78, 5) is 28.5. The van der Waals surface area contributed by atoms with Crippen molar-refractivity contribution in [1.29, 1.82) is 0 Å². The number of amides is 2. The SMILES string of the molecule is CC(C)(C)c1ccccc1OCC(=O)N1CCN(C(=O)C2CCCO2)CC1. The number of carbonyl (C=O) groups is 2. The van der Waals surface area contributed by atoms with E-state index in [1.807, 2.05) is 29.2 Å². The largest absolute Gasteiger partial charge is 0.483 e. The Morgan fingerprint density at radius 3 is 2.41 bits per heavy atom. The smallest absolute Gasteiger partial charge is 0.260 e. The van der Waals surface area contributed by atoms with Crippen LogP contribution in [0.1, 0.15) is 39.2 Å². The van der Waals surface area contributed by atoms with Gasteiger partial charge in [-0.3, -0.25) is 9.59 Å². The van der Waals surface area contributed by atoms with Gasteiger partial charge in [0.2, 0.25) is 0 Å². The summed E-state index contributed by atoms with van der Waals surface area (Å²) in [7, 11) is 0. The molecule has 1 aromatic carbocycles. The molecule has 0 N–H and O–H groups in total. The molecule has 2 heterocycles. The second-order valence-electron chi connectivity index (χ2n) is 8.24. The van der Waals surface area contributed by atoms with Crippen LogP contribution in [0.4, 0.5) is 0 Å². The average Bonchev–Trinajstić information content (AvgIpc) is 3.20. The summed E-state index contributed by atoms with van der Waals surface area (Å²) in [6.07, 6.45) is 1.46. The van der Waals surface area contributed by atoms with Crippen LogP contribution in [0.5, 0.6) is 5.75 Å². The van der Waals surface area contributed by atoms with Gasteiger partial charge in [0, 0.05) is 32.8 Å². The van der Waals surface area contributed by atoms with Gasteiger partial charge in [-0.25, -0.2) is 0 Å². The summed E-state index contributed by atoms with van der Waals surface area (Å²) in [5.41, 5.74) is 1.04. The Bertz CT molecular complexity index is 669. The quantitative estimate of drug-likeness (QED) is 0.811. The zero-order chi connectivity index (χ0) is 19.4. The van der Waals surface area contributed by atoms with Gasteiger partial charge in [-0.2, -0.15) is 0 Å². The number of carbonyl (C=O) groups excluding carboxylic acids is 2. The molecule has 1 unspecified atom stereocenters. The molecule has 0 spiro atoms. The van der Waals surface area contributed by atoms with Crippen LogP contribution in [0, 0.1) is 0 Å². The molecule has 2 aliphatic rings. The molecule has 6 heteroatoms. The molecule has 2 fully saturated rings. The van der Waals surface area contributed by atoms with E-state index in [4.69, 9.17) is 9.47 Å². The molecular formula is C21H30N2O4. The van der Waals surface area contributed by atoms with E-state index in [0.717, 1.165) is 24.2 Å². The van der Waals surface area contributed by atoms with Crippen LogP contribution in [0.25, 0.3) is 0 Å². The van der Waals surface area contributed by atoms with Crippen molar-refractivity contribution in [3.05, 3.63) is 29.8 Å². The van der Waals surface area contributed by atoms with Gasteiger partial charge in [-0.05, 0) is 29.9 Å². The Morgan fingerprint density at radius 2 is 1.78 bits per heavy atom. The van der Waals surface area contributed by atoms with Crippen LogP contribution in [0.3, 0.4) is 0 Å². The highest BCUT2D eigenvalue weighted by Crippen LogP contribution is 2.30. The zero-order valence-electron chi connectivity index (χ0n) is 16.6. The lowest BCUT2D eigenvalue weighted by Crippen LogP contribution is -2.53. The molecule has 6 nitrogen and oxygen atoms in total. The molecule has 0 saturated carbocycles.